The van der Waals surface area contributed by atoms with Crippen molar-refractivity contribution in [3.05, 3.63) is 52.0 Å². The van der Waals surface area contributed by atoms with Crippen molar-refractivity contribution < 1.29 is 14.0 Å². The summed E-state index contributed by atoms with van der Waals surface area (Å²) < 4.78 is 15.3. The molecule has 3 rings (SSSR count). The molecule has 6 nitrogen and oxygen atoms in total. The average molecular weight is 423 g/mol. The van der Waals surface area contributed by atoms with Crippen molar-refractivity contribution in [3.8, 4) is 0 Å². The zero-order valence-corrected chi connectivity index (χ0v) is 16.2. The molecule has 1 aromatic carbocycles. The number of benzene rings is 1. The number of Topliss-reactive ketones (excluding diaryl/α,β-unsaturated/α-hetero) is 1. The molecule has 1 aliphatic rings. The maximum Gasteiger partial charge on any atom is 0.275 e. The molecule has 1 saturated heterocycles. The molecule has 1 amide bonds. The molecule has 2 aromatic rings. The molecule has 0 N–H and O–H groups in total. The molecule has 1 atom stereocenters. The summed E-state index contributed by atoms with van der Waals surface area (Å²) in [5.41, 5.74) is 0.894. The predicted molar refractivity (Wildman–Crippen MR) is 98.6 cm³/mol. The van der Waals surface area contributed by atoms with E-state index in [9.17, 15) is 14.0 Å². The molecule has 2 heterocycles. The molecular formula is C18H20BrFN4O2. The zero-order chi connectivity index (χ0) is 18.8. The first-order chi connectivity index (χ1) is 12.3. The van der Waals surface area contributed by atoms with Crippen molar-refractivity contribution >= 4 is 27.6 Å². The minimum Gasteiger partial charge on any atom is -0.334 e. The molecule has 0 radical (unpaired) electrons. The third kappa shape index (κ3) is 4.02. The van der Waals surface area contributed by atoms with Gasteiger partial charge in [0.25, 0.3) is 5.91 Å². The van der Waals surface area contributed by atoms with Crippen LogP contribution in [0.15, 0.2) is 34.9 Å². The topological polar surface area (TPSA) is 58.4 Å². The smallest absolute Gasteiger partial charge is 0.275 e. The van der Waals surface area contributed by atoms with E-state index in [4.69, 9.17) is 0 Å². The van der Waals surface area contributed by atoms with Crippen LogP contribution < -0.4 is 0 Å². The van der Waals surface area contributed by atoms with Crippen LogP contribution in [0.2, 0.25) is 0 Å². The van der Waals surface area contributed by atoms with Crippen LogP contribution >= 0.6 is 15.9 Å². The van der Waals surface area contributed by atoms with Gasteiger partial charge in [-0.3, -0.25) is 19.2 Å². The standard InChI is InChI=1S/C18H20BrFN4O2/c1-12-9-24(18(26)17-15(19)10-22(2)21-17)8-7-23(12)11-16(25)13-3-5-14(20)6-4-13/h3-6,10,12H,7-9,11H2,1-2H3/t12-/m0/s1. The van der Waals surface area contributed by atoms with Crippen LogP contribution in [0.5, 0.6) is 0 Å². The quantitative estimate of drug-likeness (QED) is 0.709. The average Bonchev–Trinajstić information content (AvgIpc) is 2.94. The molecular weight excluding hydrogens is 403 g/mol. The minimum atomic E-state index is -0.359. The van der Waals surface area contributed by atoms with Gasteiger partial charge in [0.1, 0.15) is 5.82 Å². The second kappa shape index (κ2) is 7.67. The first-order valence-electron chi connectivity index (χ1n) is 8.36. The van der Waals surface area contributed by atoms with Gasteiger partial charge in [-0.2, -0.15) is 5.10 Å². The van der Waals surface area contributed by atoms with Gasteiger partial charge in [-0.05, 0) is 47.1 Å². The highest BCUT2D eigenvalue weighted by Crippen LogP contribution is 2.19. The Labute approximate surface area is 159 Å². The number of amides is 1. The van der Waals surface area contributed by atoms with Gasteiger partial charge in [0.2, 0.25) is 0 Å². The second-order valence-corrected chi connectivity index (χ2v) is 7.35. The third-order valence-corrected chi connectivity index (χ3v) is 5.13. The van der Waals surface area contributed by atoms with Gasteiger partial charge in [0, 0.05) is 44.5 Å². The van der Waals surface area contributed by atoms with Gasteiger partial charge >= 0.3 is 0 Å². The molecule has 0 bridgehead atoms. The molecule has 138 valence electrons. The molecule has 1 fully saturated rings. The van der Waals surface area contributed by atoms with Crippen molar-refractivity contribution in [1.82, 2.24) is 19.6 Å². The van der Waals surface area contributed by atoms with Crippen LogP contribution in [0.4, 0.5) is 4.39 Å². The first kappa shape index (κ1) is 18.7. The Bertz CT molecular complexity index is 821. The number of piperazine rings is 1. The summed E-state index contributed by atoms with van der Waals surface area (Å²) in [5, 5.41) is 4.20. The van der Waals surface area contributed by atoms with E-state index in [1.165, 1.54) is 24.3 Å². The van der Waals surface area contributed by atoms with E-state index < -0.39 is 0 Å². The van der Waals surface area contributed by atoms with E-state index in [0.29, 0.717) is 35.4 Å². The highest BCUT2D eigenvalue weighted by molar-refractivity contribution is 9.10. The van der Waals surface area contributed by atoms with E-state index >= 15 is 0 Å². The summed E-state index contributed by atoms with van der Waals surface area (Å²) in [6, 6.07) is 5.62. The molecule has 8 heteroatoms. The predicted octanol–water partition coefficient (Wildman–Crippen LogP) is 2.35. The van der Waals surface area contributed by atoms with Crippen molar-refractivity contribution in [2.45, 2.75) is 13.0 Å². The number of aryl methyl sites for hydroxylation is 1. The Morgan fingerprint density at radius 1 is 1.27 bits per heavy atom. The van der Waals surface area contributed by atoms with E-state index in [1.54, 1.807) is 22.8 Å². The van der Waals surface area contributed by atoms with Gasteiger partial charge in [0.15, 0.2) is 11.5 Å². The third-order valence-electron chi connectivity index (χ3n) is 4.55. The van der Waals surface area contributed by atoms with Gasteiger partial charge in [0.05, 0.1) is 11.0 Å². The van der Waals surface area contributed by atoms with Crippen LogP contribution in [0.1, 0.15) is 27.8 Å². The number of ketones is 1. The van der Waals surface area contributed by atoms with Crippen molar-refractivity contribution in [2.75, 3.05) is 26.2 Å². The molecule has 0 aliphatic carbocycles. The lowest BCUT2D eigenvalue weighted by Crippen LogP contribution is -2.54. The number of hydrogen-bond acceptors (Lipinski definition) is 4. The number of carbonyl (C=O) groups is 2. The highest BCUT2D eigenvalue weighted by Gasteiger charge is 2.30. The molecule has 0 spiro atoms. The summed E-state index contributed by atoms with van der Waals surface area (Å²) in [6.07, 6.45) is 1.74. The van der Waals surface area contributed by atoms with Crippen LogP contribution in [0.3, 0.4) is 0 Å². The van der Waals surface area contributed by atoms with Crippen LogP contribution in [-0.4, -0.2) is 63.5 Å². The molecule has 1 aliphatic heterocycles. The molecule has 0 unspecified atom stereocenters. The fourth-order valence-electron chi connectivity index (χ4n) is 3.08. The summed E-state index contributed by atoms with van der Waals surface area (Å²) in [7, 11) is 1.77. The van der Waals surface area contributed by atoms with E-state index in [2.05, 4.69) is 21.0 Å². The van der Waals surface area contributed by atoms with Crippen LogP contribution in [0.25, 0.3) is 0 Å². The molecule has 0 saturated carbocycles. The van der Waals surface area contributed by atoms with E-state index in [1.807, 2.05) is 11.8 Å². The maximum absolute atomic E-state index is 13.0. The lowest BCUT2D eigenvalue weighted by Gasteiger charge is -2.39. The van der Waals surface area contributed by atoms with Gasteiger partial charge < -0.3 is 4.90 Å². The normalized spacial score (nSPS) is 18.2. The maximum atomic E-state index is 13.0. The number of nitrogens with zero attached hydrogens (tertiary/aromatic N) is 4. The fraction of sp³-hybridized carbons (Fsp3) is 0.389. The number of rotatable bonds is 4. The zero-order valence-electron chi connectivity index (χ0n) is 14.7. The van der Waals surface area contributed by atoms with Crippen molar-refractivity contribution in [2.24, 2.45) is 7.05 Å². The lowest BCUT2D eigenvalue weighted by molar-refractivity contribution is 0.0496. The van der Waals surface area contributed by atoms with Gasteiger partial charge in [-0.1, -0.05) is 0 Å². The summed E-state index contributed by atoms with van der Waals surface area (Å²) in [5.74, 6) is -0.527. The number of aromatic nitrogens is 2. The monoisotopic (exact) mass is 422 g/mol. The Morgan fingerprint density at radius 2 is 1.96 bits per heavy atom. The van der Waals surface area contributed by atoms with E-state index in [0.717, 1.165) is 0 Å². The van der Waals surface area contributed by atoms with Gasteiger partial charge in [-0.25, -0.2) is 4.39 Å². The summed E-state index contributed by atoms with van der Waals surface area (Å²) in [6.45, 7) is 3.90. The SMILES string of the molecule is C[C@H]1CN(C(=O)c2nn(C)cc2Br)CCN1CC(=O)c1ccc(F)cc1. The number of halogens is 2. The Balaban J connectivity index is 1.61. The summed E-state index contributed by atoms with van der Waals surface area (Å²) >= 11 is 3.36. The number of hydrogen-bond donors (Lipinski definition) is 0. The lowest BCUT2D eigenvalue weighted by atomic mass is 10.1. The van der Waals surface area contributed by atoms with Gasteiger partial charge in [-0.15, -0.1) is 0 Å². The Morgan fingerprint density at radius 3 is 2.54 bits per heavy atom. The highest BCUT2D eigenvalue weighted by atomic mass is 79.9. The van der Waals surface area contributed by atoms with Crippen LogP contribution in [0, 0.1) is 5.82 Å². The molecule has 26 heavy (non-hydrogen) atoms. The Hall–Kier alpha value is -2.06. The second-order valence-electron chi connectivity index (χ2n) is 6.50. The Kier molecular flexibility index (Phi) is 5.52. The minimum absolute atomic E-state index is 0.0413. The summed E-state index contributed by atoms with van der Waals surface area (Å²) in [4.78, 5) is 28.9. The largest absolute Gasteiger partial charge is 0.334 e. The molecule has 1 aromatic heterocycles. The van der Waals surface area contributed by atoms with Crippen LogP contribution in [-0.2, 0) is 7.05 Å². The first-order valence-corrected chi connectivity index (χ1v) is 9.15. The van der Waals surface area contributed by atoms with E-state index in [-0.39, 0.29) is 30.1 Å². The number of carbonyl (C=O) groups excluding carboxylic acids is 2. The fourth-order valence-corrected chi connectivity index (χ4v) is 3.63. The van der Waals surface area contributed by atoms with Crippen molar-refractivity contribution in [1.29, 1.82) is 0 Å². The van der Waals surface area contributed by atoms with Crippen molar-refractivity contribution in [3.63, 3.8) is 0 Å².